The van der Waals surface area contributed by atoms with Crippen LogP contribution in [0.15, 0.2) is 18.2 Å². The molecule has 98 valence electrons. The second-order valence-electron chi connectivity index (χ2n) is 3.60. The first-order valence-corrected chi connectivity index (χ1v) is 5.58. The van der Waals surface area contributed by atoms with Crippen LogP contribution in [-0.4, -0.2) is 35.1 Å². The molecule has 1 aromatic rings. The zero-order chi connectivity index (χ0) is 13.7. The third-order valence-corrected chi connectivity index (χ3v) is 2.50. The van der Waals surface area contributed by atoms with Gasteiger partial charge >= 0.3 is 12.0 Å². The fraction of sp³-hybridized carbons (Fsp3) is 0.333. The smallest absolute Gasteiger partial charge is 0.337 e. The van der Waals surface area contributed by atoms with Crippen molar-refractivity contribution in [3.63, 3.8) is 0 Å². The summed E-state index contributed by atoms with van der Waals surface area (Å²) in [7, 11) is 0. The molecule has 6 heteroatoms. The average Bonchev–Trinajstić information content (AvgIpc) is 2.30. The van der Waals surface area contributed by atoms with Gasteiger partial charge in [0.2, 0.25) is 0 Å². The molecule has 0 atom stereocenters. The Kier molecular flexibility index (Phi) is 4.65. The summed E-state index contributed by atoms with van der Waals surface area (Å²) in [6.07, 6.45) is 0. The molecular formula is C12H15FN2O3. The lowest BCUT2D eigenvalue weighted by Crippen LogP contribution is -2.34. The van der Waals surface area contributed by atoms with E-state index in [4.69, 9.17) is 5.11 Å². The van der Waals surface area contributed by atoms with E-state index in [2.05, 4.69) is 5.32 Å². The summed E-state index contributed by atoms with van der Waals surface area (Å²) in [6.45, 7) is 4.57. The van der Waals surface area contributed by atoms with Crippen molar-refractivity contribution in [3.05, 3.63) is 29.6 Å². The molecule has 0 unspecified atom stereocenters. The predicted octanol–water partition coefficient (Wildman–Crippen LogP) is 2.40. The van der Waals surface area contributed by atoms with Crippen molar-refractivity contribution >= 4 is 17.7 Å². The zero-order valence-corrected chi connectivity index (χ0v) is 10.2. The molecule has 1 rings (SSSR count). The van der Waals surface area contributed by atoms with E-state index in [1.807, 2.05) is 0 Å². The Morgan fingerprint density at radius 2 is 1.94 bits per heavy atom. The molecular weight excluding hydrogens is 239 g/mol. The fourth-order valence-electron chi connectivity index (χ4n) is 1.51. The third kappa shape index (κ3) is 3.19. The summed E-state index contributed by atoms with van der Waals surface area (Å²) >= 11 is 0. The van der Waals surface area contributed by atoms with Gasteiger partial charge in [0.1, 0.15) is 5.82 Å². The lowest BCUT2D eigenvalue weighted by atomic mass is 10.2. The number of nitrogens with one attached hydrogen (secondary N) is 1. The molecule has 2 amide bonds. The van der Waals surface area contributed by atoms with Crippen LogP contribution in [0.1, 0.15) is 24.2 Å². The van der Waals surface area contributed by atoms with Crippen molar-refractivity contribution in [2.75, 3.05) is 18.4 Å². The monoisotopic (exact) mass is 254 g/mol. The van der Waals surface area contributed by atoms with Gasteiger partial charge in [0.05, 0.1) is 11.3 Å². The van der Waals surface area contributed by atoms with E-state index in [0.717, 1.165) is 18.2 Å². The van der Waals surface area contributed by atoms with Gasteiger partial charge in [0, 0.05) is 13.1 Å². The largest absolute Gasteiger partial charge is 0.478 e. The molecule has 0 aliphatic carbocycles. The SMILES string of the molecule is CCN(CC)C(=O)Nc1cc(F)ccc1C(=O)O. The van der Waals surface area contributed by atoms with E-state index in [9.17, 15) is 14.0 Å². The molecule has 0 heterocycles. The van der Waals surface area contributed by atoms with Crippen molar-refractivity contribution in [1.29, 1.82) is 0 Å². The van der Waals surface area contributed by atoms with Crippen molar-refractivity contribution < 1.29 is 19.1 Å². The number of carboxylic acid groups (broad SMARTS) is 1. The van der Waals surface area contributed by atoms with Crippen molar-refractivity contribution in [2.45, 2.75) is 13.8 Å². The van der Waals surface area contributed by atoms with Gasteiger partial charge in [-0.25, -0.2) is 14.0 Å². The van der Waals surface area contributed by atoms with E-state index in [1.165, 1.54) is 4.90 Å². The Labute approximate surface area is 104 Å². The summed E-state index contributed by atoms with van der Waals surface area (Å²) < 4.78 is 13.1. The van der Waals surface area contributed by atoms with E-state index < -0.39 is 17.8 Å². The highest BCUT2D eigenvalue weighted by Gasteiger charge is 2.15. The van der Waals surface area contributed by atoms with Crippen molar-refractivity contribution in [1.82, 2.24) is 4.90 Å². The van der Waals surface area contributed by atoms with Gasteiger partial charge in [0.25, 0.3) is 0 Å². The summed E-state index contributed by atoms with van der Waals surface area (Å²) in [5, 5.41) is 11.3. The van der Waals surface area contributed by atoms with Crippen LogP contribution in [0.25, 0.3) is 0 Å². The minimum Gasteiger partial charge on any atom is -0.478 e. The molecule has 0 bridgehead atoms. The van der Waals surface area contributed by atoms with Crippen LogP contribution in [0, 0.1) is 5.82 Å². The molecule has 0 radical (unpaired) electrons. The average molecular weight is 254 g/mol. The number of rotatable bonds is 4. The number of anilines is 1. The Morgan fingerprint density at radius 3 is 2.44 bits per heavy atom. The van der Waals surface area contributed by atoms with Gasteiger partial charge in [-0.2, -0.15) is 0 Å². The van der Waals surface area contributed by atoms with E-state index in [0.29, 0.717) is 13.1 Å². The number of carboxylic acids is 1. The van der Waals surface area contributed by atoms with Gasteiger partial charge < -0.3 is 15.3 Å². The number of halogens is 1. The Hall–Kier alpha value is -2.11. The van der Waals surface area contributed by atoms with Crippen LogP contribution in [0.4, 0.5) is 14.9 Å². The zero-order valence-electron chi connectivity index (χ0n) is 10.2. The highest BCUT2D eigenvalue weighted by molar-refractivity contribution is 5.99. The minimum atomic E-state index is -1.22. The Bertz CT molecular complexity index is 459. The number of carbonyl (C=O) groups is 2. The first-order valence-electron chi connectivity index (χ1n) is 5.58. The molecule has 0 aromatic heterocycles. The fourth-order valence-corrected chi connectivity index (χ4v) is 1.51. The van der Waals surface area contributed by atoms with E-state index in [1.54, 1.807) is 13.8 Å². The quantitative estimate of drug-likeness (QED) is 0.866. The van der Waals surface area contributed by atoms with E-state index in [-0.39, 0.29) is 11.3 Å². The van der Waals surface area contributed by atoms with Crippen molar-refractivity contribution in [3.8, 4) is 0 Å². The molecule has 2 N–H and O–H groups in total. The number of hydrogen-bond acceptors (Lipinski definition) is 2. The van der Waals surface area contributed by atoms with Crippen LogP contribution in [0.5, 0.6) is 0 Å². The van der Waals surface area contributed by atoms with Crippen LogP contribution >= 0.6 is 0 Å². The highest BCUT2D eigenvalue weighted by Crippen LogP contribution is 2.17. The van der Waals surface area contributed by atoms with Crippen LogP contribution in [0.3, 0.4) is 0 Å². The number of amides is 2. The molecule has 0 saturated heterocycles. The predicted molar refractivity (Wildman–Crippen MR) is 65.3 cm³/mol. The third-order valence-electron chi connectivity index (χ3n) is 2.50. The summed E-state index contributed by atoms with van der Waals surface area (Å²) in [5.74, 6) is -1.82. The summed E-state index contributed by atoms with van der Waals surface area (Å²) in [5.41, 5.74) is -0.184. The number of nitrogens with zero attached hydrogens (tertiary/aromatic N) is 1. The topological polar surface area (TPSA) is 69.6 Å². The first-order chi connectivity index (χ1) is 8.49. The number of hydrogen-bond donors (Lipinski definition) is 2. The number of urea groups is 1. The van der Waals surface area contributed by atoms with Gasteiger partial charge in [-0.05, 0) is 32.0 Å². The maximum atomic E-state index is 13.1. The molecule has 0 saturated carbocycles. The van der Waals surface area contributed by atoms with Crippen LogP contribution in [-0.2, 0) is 0 Å². The van der Waals surface area contributed by atoms with Gasteiger partial charge in [0.15, 0.2) is 0 Å². The second kappa shape index (κ2) is 6.00. The summed E-state index contributed by atoms with van der Waals surface area (Å²) in [4.78, 5) is 24.2. The summed E-state index contributed by atoms with van der Waals surface area (Å²) in [6, 6.07) is 2.70. The minimum absolute atomic E-state index is 0.0422. The van der Waals surface area contributed by atoms with Gasteiger partial charge in [-0.3, -0.25) is 0 Å². The van der Waals surface area contributed by atoms with Crippen LogP contribution in [0.2, 0.25) is 0 Å². The highest BCUT2D eigenvalue weighted by atomic mass is 19.1. The van der Waals surface area contributed by atoms with E-state index >= 15 is 0 Å². The van der Waals surface area contributed by atoms with Gasteiger partial charge in [-0.15, -0.1) is 0 Å². The maximum Gasteiger partial charge on any atom is 0.337 e. The molecule has 5 nitrogen and oxygen atoms in total. The van der Waals surface area contributed by atoms with Crippen LogP contribution < -0.4 is 5.32 Å². The number of aromatic carboxylic acids is 1. The van der Waals surface area contributed by atoms with Crippen molar-refractivity contribution in [2.24, 2.45) is 0 Å². The van der Waals surface area contributed by atoms with Gasteiger partial charge in [-0.1, -0.05) is 0 Å². The number of carbonyl (C=O) groups excluding carboxylic acids is 1. The normalized spacial score (nSPS) is 9.94. The second-order valence-corrected chi connectivity index (χ2v) is 3.60. The molecule has 0 aliphatic heterocycles. The molecule has 0 fully saturated rings. The Morgan fingerprint density at radius 1 is 1.33 bits per heavy atom. The first kappa shape index (κ1) is 14.0. The molecule has 1 aromatic carbocycles. The standard InChI is InChI=1S/C12H15FN2O3/c1-3-15(4-2)12(18)14-10-7-8(13)5-6-9(10)11(16)17/h5-7H,3-4H2,1-2H3,(H,14,18)(H,16,17). The lowest BCUT2D eigenvalue weighted by molar-refractivity contribution is 0.0698. The Balaban J connectivity index is 2.99. The molecule has 0 aliphatic rings. The lowest BCUT2D eigenvalue weighted by Gasteiger charge is -2.19. The number of benzene rings is 1. The maximum absolute atomic E-state index is 13.1. The molecule has 18 heavy (non-hydrogen) atoms. The molecule has 0 spiro atoms.